The molecule has 4 nitrogen and oxygen atoms in total. The van der Waals surface area contributed by atoms with Gasteiger partial charge >= 0.3 is 0 Å². The summed E-state index contributed by atoms with van der Waals surface area (Å²) in [5.41, 5.74) is 6.80. The van der Waals surface area contributed by atoms with Crippen molar-refractivity contribution in [2.45, 2.75) is 45.2 Å². The molecule has 1 saturated carbocycles. The Balaban J connectivity index is 1.48. The number of hydrogen-bond donors (Lipinski definition) is 1. The minimum atomic E-state index is 0.341. The quantitative estimate of drug-likeness (QED) is 0.843. The summed E-state index contributed by atoms with van der Waals surface area (Å²) in [5, 5.41) is 0. The predicted molar refractivity (Wildman–Crippen MR) is 81.7 cm³/mol. The second-order valence-corrected chi connectivity index (χ2v) is 7.66. The first-order valence-corrected chi connectivity index (χ1v) is 8.36. The van der Waals surface area contributed by atoms with E-state index in [0.717, 1.165) is 32.3 Å². The molecule has 116 valence electrons. The van der Waals surface area contributed by atoms with E-state index < -0.39 is 0 Å². The third kappa shape index (κ3) is 3.03. The van der Waals surface area contributed by atoms with Crippen LogP contribution in [0.4, 0.5) is 0 Å². The summed E-state index contributed by atoms with van der Waals surface area (Å²) >= 11 is 0. The van der Waals surface area contributed by atoms with E-state index in [4.69, 9.17) is 10.5 Å². The summed E-state index contributed by atoms with van der Waals surface area (Å²) in [7, 11) is 0. The monoisotopic (exact) mass is 281 g/mol. The van der Waals surface area contributed by atoms with Crippen LogP contribution in [0.5, 0.6) is 0 Å². The number of hydrogen-bond acceptors (Lipinski definition) is 4. The molecule has 1 aliphatic carbocycles. The first kappa shape index (κ1) is 14.8. The normalized spacial score (nSPS) is 39.5. The average Bonchev–Trinajstić information content (AvgIpc) is 3.01. The van der Waals surface area contributed by atoms with E-state index in [1.807, 2.05) is 0 Å². The van der Waals surface area contributed by atoms with Crippen LogP contribution in [0.25, 0.3) is 0 Å². The van der Waals surface area contributed by atoms with Gasteiger partial charge in [-0.3, -0.25) is 4.90 Å². The molecule has 2 heterocycles. The number of morpholine rings is 1. The molecule has 0 bridgehead atoms. The highest BCUT2D eigenvalue weighted by Crippen LogP contribution is 2.40. The molecular formula is C16H31N3O. The van der Waals surface area contributed by atoms with Gasteiger partial charge in [0.1, 0.15) is 0 Å². The first-order chi connectivity index (χ1) is 9.56. The van der Waals surface area contributed by atoms with Gasteiger partial charge in [-0.2, -0.15) is 0 Å². The molecule has 0 spiro atoms. The SMILES string of the molecule is CC1(C)CCC(CN2CCC(N3CCOCC3)C2)C1N. The van der Waals surface area contributed by atoms with Crippen LogP contribution in [0.1, 0.15) is 33.1 Å². The number of rotatable bonds is 3. The number of nitrogens with zero attached hydrogens (tertiary/aromatic N) is 2. The van der Waals surface area contributed by atoms with Crippen molar-refractivity contribution in [2.24, 2.45) is 17.1 Å². The molecule has 0 amide bonds. The van der Waals surface area contributed by atoms with Crippen LogP contribution >= 0.6 is 0 Å². The van der Waals surface area contributed by atoms with E-state index in [-0.39, 0.29) is 0 Å². The molecule has 3 aliphatic rings. The Kier molecular flexibility index (Phi) is 4.37. The second-order valence-electron chi connectivity index (χ2n) is 7.66. The summed E-state index contributed by atoms with van der Waals surface area (Å²) in [6.45, 7) is 12.4. The predicted octanol–water partition coefficient (Wildman–Crippen LogP) is 1.16. The van der Waals surface area contributed by atoms with Gasteiger partial charge < -0.3 is 15.4 Å². The Morgan fingerprint density at radius 1 is 1.15 bits per heavy atom. The fourth-order valence-corrected chi connectivity index (χ4v) is 4.30. The second kappa shape index (κ2) is 5.91. The average molecular weight is 281 g/mol. The Bertz CT molecular complexity index is 328. The van der Waals surface area contributed by atoms with Crippen molar-refractivity contribution >= 4 is 0 Å². The van der Waals surface area contributed by atoms with E-state index in [0.29, 0.717) is 17.4 Å². The molecule has 0 aromatic rings. The molecule has 0 radical (unpaired) electrons. The summed E-state index contributed by atoms with van der Waals surface area (Å²) in [6.07, 6.45) is 3.93. The summed E-state index contributed by atoms with van der Waals surface area (Å²) in [4.78, 5) is 5.29. The van der Waals surface area contributed by atoms with Crippen molar-refractivity contribution in [1.29, 1.82) is 0 Å². The van der Waals surface area contributed by atoms with Gasteiger partial charge in [-0.05, 0) is 37.1 Å². The van der Waals surface area contributed by atoms with Gasteiger partial charge in [-0.1, -0.05) is 13.8 Å². The lowest BCUT2D eigenvalue weighted by molar-refractivity contribution is 0.0182. The lowest BCUT2D eigenvalue weighted by atomic mass is 9.85. The topological polar surface area (TPSA) is 41.7 Å². The van der Waals surface area contributed by atoms with Gasteiger partial charge in [-0.15, -0.1) is 0 Å². The maximum Gasteiger partial charge on any atom is 0.0594 e. The lowest BCUT2D eigenvalue weighted by Crippen LogP contribution is -2.46. The smallest absolute Gasteiger partial charge is 0.0594 e. The first-order valence-electron chi connectivity index (χ1n) is 8.36. The molecule has 3 atom stereocenters. The Hall–Kier alpha value is -0.160. The molecule has 2 aliphatic heterocycles. The van der Waals surface area contributed by atoms with Crippen LogP contribution in [-0.2, 0) is 4.74 Å². The van der Waals surface area contributed by atoms with Crippen LogP contribution in [0.3, 0.4) is 0 Å². The van der Waals surface area contributed by atoms with Gasteiger partial charge in [0.15, 0.2) is 0 Å². The Morgan fingerprint density at radius 2 is 1.90 bits per heavy atom. The maximum absolute atomic E-state index is 6.46. The Labute approximate surface area is 123 Å². The fourth-order valence-electron chi connectivity index (χ4n) is 4.30. The molecule has 0 aromatic carbocycles. The molecule has 3 fully saturated rings. The zero-order valence-electron chi connectivity index (χ0n) is 13.2. The van der Waals surface area contributed by atoms with Crippen molar-refractivity contribution in [3.63, 3.8) is 0 Å². The fraction of sp³-hybridized carbons (Fsp3) is 1.00. The maximum atomic E-state index is 6.46. The largest absolute Gasteiger partial charge is 0.379 e. The zero-order valence-corrected chi connectivity index (χ0v) is 13.2. The lowest BCUT2D eigenvalue weighted by Gasteiger charge is -2.33. The van der Waals surface area contributed by atoms with Crippen molar-refractivity contribution in [2.75, 3.05) is 45.9 Å². The van der Waals surface area contributed by atoms with E-state index in [1.165, 1.54) is 38.9 Å². The third-order valence-electron chi connectivity index (χ3n) is 5.87. The van der Waals surface area contributed by atoms with Crippen molar-refractivity contribution in [3.8, 4) is 0 Å². The molecule has 0 aromatic heterocycles. The van der Waals surface area contributed by atoms with E-state index in [9.17, 15) is 0 Å². The molecule has 2 N–H and O–H groups in total. The van der Waals surface area contributed by atoms with E-state index >= 15 is 0 Å². The molecule has 3 rings (SSSR count). The summed E-state index contributed by atoms with van der Waals surface area (Å²) < 4.78 is 5.46. The molecule has 3 unspecified atom stereocenters. The highest BCUT2D eigenvalue weighted by atomic mass is 16.5. The standard InChI is InChI=1S/C16H31N3O/c1-16(2)5-3-13(15(16)17)11-18-6-4-14(12-18)19-7-9-20-10-8-19/h13-15H,3-12,17H2,1-2H3. The van der Waals surface area contributed by atoms with Gasteiger partial charge in [0.2, 0.25) is 0 Å². The summed E-state index contributed by atoms with van der Waals surface area (Å²) in [5.74, 6) is 0.702. The van der Waals surface area contributed by atoms with Crippen LogP contribution in [0.15, 0.2) is 0 Å². The van der Waals surface area contributed by atoms with Gasteiger partial charge in [0.05, 0.1) is 13.2 Å². The van der Waals surface area contributed by atoms with Gasteiger partial charge in [0, 0.05) is 38.3 Å². The number of likely N-dealkylation sites (tertiary alicyclic amines) is 1. The van der Waals surface area contributed by atoms with Crippen LogP contribution in [0.2, 0.25) is 0 Å². The van der Waals surface area contributed by atoms with Crippen LogP contribution in [-0.4, -0.2) is 67.8 Å². The minimum Gasteiger partial charge on any atom is -0.379 e. The van der Waals surface area contributed by atoms with E-state index in [2.05, 4.69) is 23.6 Å². The molecule has 2 saturated heterocycles. The molecular weight excluding hydrogens is 250 g/mol. The number of ether oxygens (including phenoxy) is 1. The number of nitrogens with two attached hydrogens (primary N) is 1. The van der Waals surface area contributed by atoms with Crippen LogP contribution < -0.4 is 5.73 Å². The van der Waals surface area contributed by atoms with Crippen LogP contribution in [0, 0.1) is 11.3 Å². The highest BCUT2D eigenvalue weighted by Gasteiger charge is 2.41. The van der Waals surface area contributed by atoms with Gasteiger partial charge in [-0.25, -0.2) is 0 Å². The summed E-state index contributed by atoms with van der Waals surface area (Å²) in [6, 6.07) is 1.13. The van der Waals surface area contributed by atoms with Crippen molar-refractivity contribution in [1.82, 2.24) is 9.80 Å². The zero-order chi connectivity index (χ0) is 14.2. The Morgan fingerprint density at radius 3 is 2.55 bits per heavy atom. The highest BCUT2D eigenvalue weighted by molar-refractivity contribution is 4.96. The molecule has 4 heteroatoms. The van der Waals surface area contributed by atoms with E-state index in [1.54, 1.807) is 0 Å². The third-order valence-corrected chi connectivity index (χ3v) is 5.87. The minimum absolute atomic E-state index is 0.341. The van der Waals surface area contributed by atoms with Crippen molar-refractivity contribution < 1.29 is 4.74 Å². The van der Waals surface area contributed by atoms with Crippen molar-refractivity contribution in [3.05, 3.63) is 0 Å². The molecule has 20 heavy (non-hydrogen) atoms. The van der Waals surface area contributed by atoms with Gasteiger partial charge in [0.25, 0.3) is 0 Å².